The zero-order valence-electron chi connectivity index (χ0n) is 9.34. The Balaban J connectivity index is 2.66. The van der Waals surface area contributed by atoms with Gasteiger partial charge < -0.3 is 16.0 Å². The third kappa shape index (κ3) is 2.45. The molecule has 2 atom stereocenters. The Morgan fingerprint density at radius 1 is 1.71 bits per heavy atom. The first-order valence-electron chi connectivity index (χ1n) is 5.16. The van der Waals surface area contributed by atoms with Gasteiger partial charge in [0.15, 0.2) is 0 Å². The van der Waals surface area contributed by atoms with Gasteiger partial charge in [-0.3, -0.25) is 4.79 Å². The van der Waals surface area contributed by atoms with Crippen LogP contribution in [-0.4, -0.2) is 43.0 Å². The predicted octanol–water partition coefficient (Wildman–Crippen LogP) is -0.0659. The molecule has 0 aromatic heterocycles. The van der Waals surface area contributed by atoms with Crippen molar-refractivity contribution in [1.82, 2.24) is 10.2 Å². The number of carbonyl (C=O) groups excluding carboxylic acids is 1. The number of nitrogens with one attached hydrogen (secondary N) is 1. The van der Waals surface area contributed by atoms with Crippen LogP contribution in [0, 0.1) is 0 Å². The Morgan fingerprint density at radius 2 is 2.36 bits per heavy atom. The van der Waals surface area contributed by atoms with Crippen molar-refractivity contribution < 1.29 is 4.79 Å². The molecule has 0 aromatic carbocycles. The van der Waals surface area contributed by atoms with Gasteiger partial charge in [0, 0.05) is 18.0 Å². The van der Waals surface area contributed by atoms with Crippen LogP contribution < -0.4 is 11.1 Å². The first-order valence-corrected chi connectivity index (χ1v) is 5.16. The largest absolute Gasteiger partial charge is 0.370 e. The molecule has 0 aromatic rings. The predicted molar refractivity (Wildman–Crippen MR) is 56.9 cm³/mol. The number of likely N-dealkylation sites (tertiary alicyclic amines) is 1. The molecular weight excluding hydrogens is 178 g/mol. The third-order valence-electron chi connectivity index (χ3n) is 3.42. The van der Waals surface area contributed by atoms with Crippen LogP contribution in [0.4, 0.5) is 0 Å². The molecule has 0 bridgehead atoms. The summed E-state index contributed by atoms with van der Waals surface area (Å²) in [6.45, 7) is 3.21. The lowest BCUT2D eigenvalue weighted by molar-refractivity contribution is -0.120. The Hall–Kier alpha value is -0.610. The lowest BCUT2D eigenvalue weighted by Crippen LogP contribution is -2.56. The van der Waals surface area contributed by atoms with Crippen LogP contribution in [0.2, 0.25) is 0 Å². The molecule has 82 valence electrons. The van der Waals surface area contributed by atoms with E-state index in [9.17, 15) is 4.79 Å². The molecule has 1 fully saturated rings. The molecule has 1 aliphatic heterocycles. The van der Waals surface area contributed by atoms with E-state index in [1.807, 2.05) is 7.05 Å². The van der Waals surface area contributed by atoms with Gasteiger partial charge in [-0.1, -0.05) is 0 Å². The monoisotopic (exact) mass is 199 g/mol. The van der Waals surface area contributed by atoms with Crippen LogP contribution in [0.25, 0.3) is 0 Å². The van der Waals surface area contributed by atoms with Gasteiger partial charge in [-0.25, -0.2) is 0 Å². The molecule has 1 amide bonds. The molecule has 1 saturated heterocycles. The second-order valence-electron chi connectivity index (χ2n) is 4.46. The fourth-order valence-corrected chi connectivity index (χ4v) is 2.24. The lowest BCUT2D eigenvalue weighted by Gasteiger charge is -2.43. The third-order valence-corrected chi connectivity index (χ3v) is 3.42. The summed E-state index contributed by atoms with van der Waals surface area (Å²) in [5.41, 5.74) is 5.20. The van der Waals surface area contributed by atoms with Crippen molar-refractivity contribution in [2.45, 2.75) is 37.8 Å². The van der Waals surface area contributed by atoms with E-state index in [1.54, 1.807) is 0 Å². The number of hydrogen-bond acceptors (Lipinski definition) is 3. The summed E-state index contributed by atoms with van der Waals surface area (Å²) in [5, 5.41) is 3.27. The standard InChI is InChI=1S/C10H21N3O/c1-8-6-10(12-2,7-9(11)14)4-5-13(8)3/h8,12H,4-7H2,1-3H3,(H2,11,14). The molecule has 0 radical (unpaired) electrons. The van der Waals surface area contributed by atoms with Crippen molar-refractivity contribution in [3.63, 3.8) is 0 Å². The SMILES string of the molecule is CNC1(CC(N)=O)CCN(C)C(C)C1. The smallest absolute Gasteiger partial charge is 0.219 e. The molecule has 0 aliphatic carbocycles. The highest BCUT2D eigenvalue weighted by molar-refractivity contribution is 5.75. The van der Waals surface area contributed by atoms with Crippen LogP contribution >= 0.6 is 0 Å². The Morgan fingerprint density at radius 3 is 2.79 bits per heavy atom. The zero-order valence-corrected chi connectivity index (χ0v) is 9.34. The minimum Gasteiger partial charge on any atom is -0.370 e. The first-order chi connectivity index (χ1) is 6.49. The highest BCUT2D eigenvalue weighted by atomic mass is 16.1. The summed E-state index contributed by atoms with van der Waals surface area (Å²) in [6.07, 6.45) is 2.43. The summed E-state index contributed by atoms with van der Waals surface area (Å²) >= 11 is 0. The van der Waals surface area contributed by atoms with Gasteiger partial charge in [0.05, 0.1) is 0 Å². The minimum absolute atomic E-state index is 0.0717. The minimum atomic E-state index is -0.212. The van der Waals surface area contributed by atoms with Crippen molar-refractivity contribution in [2.24, 2.45) is 5.73 Å². The summed E-state index contributed by atoms with van der Waals surface area (Å²) in [7, 11) is 4.04. The normalized spacial score (nSPS) is 34.4. The summed E-state index contributed by atoms with van der Waals surface area (Å²) in [6, 6.07) is 0.510. The van der Waals surface area contributed by atoms with Crippen LogP contribution in [-0.2, 0) is 4.79 Å². The number of primary amides is 1. The summed E-state index contributed by atoms with van der Waals surface area (Å²) in [5.74, 6) is -0.212. The lowest BCUT2D eigenvalue weighted by atomic mass is 9.81. The van der Waals surface area contributed by atoms with Gasteiger partial charge in [-0.05, 0) is 40.4 Å². The van der Waals surface area contributed by atoms with Crippen molar-refractivity contribution in [1.29, 1.82) is 0 Å². The van der Waals surface area contributed by atoms with Crippen LogP contribution in [0.5, 0.6) is 0 Å². The van der Waals surface area contributed by atoms with Gasteiger partial charge >= 0.3 is 0 Å². The van der Waals surface area contributed by atoms with E-state index in [1.165, 1.54) is 0 Å². The summed E-state index contributed by atoms with van der Waals surface area (Å²) in [4.78, 5) is 13.3. The van der Waals surface area contributed by atoms with Gasteiger partial charge in [-0.2, -0.15) is 0 Å². The molecule has 4 heteroatoms. The number of hydrogen-bond donors (Lipinski definition) is 2. The van der Waals surface area contributed by atoms with E-state index in [4.69, 9.17) is 5.73 Å². The molecule has 1 aliphatic rings. The maximum Gasteiger partial charge on any atom is 0.219 e. The Kier molecular flexibility index (Phi) is 3.50. The number of nitrogens with zero attached hydrogens (tertiary/aromatic N) is 1. The number of nitrogens with two attached hydrogens (primary N) is 1. The van der Waals surface area contributed by atoms with E-state index < -0.39 is 0 Å². The van der Waals surface area contributed by atoms with E-state index in [0.717, 1.165) is 19.4 Å². The van der Waals surface area contributed by atoms with Crippen molar-refractivity contribution in [3.05, 3.63) is 0 Å². The molecule has 4 nitrogen and oxygen atoms in total. The molecule has 1 rings (SSSR count). The van der Waals surface area contributed by atoms with Crippen LogP contribution in [0.15, 0.2) is 0 Å². The van der Waals surface area contributed by atoms with Gasteiger partial charge in [0.1, 0.15) is 0 Å². The maximum absolute atomic E-state index is 11.0. The van der Waals surface area contributed by atoms with Gasteiger partial charge in [0.25, 0.3) is 0 Å². The number of rotatable bonds is 3. The van der Waals surface area contributed by atoms with Crippen molar-refractivity contribution in [2.75, 3.05) is 20.6 Å². The van der Waals surface area contributed by atoms with Crippen LogP contribution in [0.3, 0.4) is 0 Å². The quantitative estimate of drug-likeness (QED) is 0.669. The molecule has 0 spiro atoms. The highest BCUT2D eigenvalue weighted by Gasteiger charge is 2.36. The van der Waals surface area contributed by atoms with Gasteiger partial charge in [-0.15, -0.1) is 0 Å². The second kappa shape index (κ2) is 4.28. The fraction of sp³-hybridized carbons (Fsp3) is 0.900. The first kappa shape index (κ1) is 11.5. The molecule has 14 heavy (non-hydrogen) atoms. The van der Waals surface area contributed by atoms with Crippen LogP contribution in [0.1, 0.15) is 26.2 Å². The molecule has 2 unspecified atom stereocenters. The van der Waals surface area contributed by atoms with Gasteiger partial charge in [0.2, 0.25) is 5.91 Å². The highest BCUT2D eigenvalue weighted by Crippen LogP contribution is 2.28. The van der Waals surface area contributed by atoms with Crippen molar-refractivity contribution >= 4 is 5.91 Å². The topological polar surface area (TPSA) is 58.4 Å². The average Bonchev–Trinajstić information content (AvgIpc) is 2.11. The Bertz CT molecular complexity index is 219. The maximum atomic E-state index is 11.0. The van der Waals surface area contributed by atoms with E-state index in [2.05, 4.69) is 24.2 Å². The van der Waals surface area contributed by atoms with E-state index in [-0.39, 0.29) is 11.4 Å². The molecule has 3 N–H and O–H groups in total. The average molecular weight is 199 g/mol. The molecular formula is C10H21N3O. The molecule has 0 saturated carbocycles. The van der Waals surface area contributed by atoms with E-state index >= 15 is 0 Å². The van der Waals surface area contributed by atoms with E-state index in [0.29, 0.717) is 12.5 Å². The Labute approximate surface area is 85.8 Å². The number of amides is 1. The number of piperidine rings is 1. The number of carbonyl (C=O) groups is 1. The fourth-order valence-electron chi connectivity index (χ4n) is 2.24. The van der Waals surface area contributed by atoms with Crippen molar-refractivity contribution in [3.8, 4) is 0 Å². The second-order valence-corrected chi connectivity index (χ2v) is 4.46. The zero-order chi connectivity index (χ0) is 10.8. The molecule has 1 heterocycles. The summed E-state index contributed by atoms with van der Waals surface area (Å²) < 4.78 is 0.